The fourth-order valence-electron chi connectivity index (χ4n) is 2.82. The van der Waals surface area contributed by atoms with E-state index in [0.717, 1.165) is 5.56 Å². The lowest BCUT2D eigenvalue weighted by Gasteiger charge is -2.09. The predicted octanol–water partition coefficient (Wildman–Crippen LogP) is 4.76. The quantitative estimate of drug-likeness (QED) is 0.456. The summed E-state index contributed by atoms with van der Waals surface area (Å²) < 4.78 is 10.8. The van der Waals surface area contributed by atoms with Gasteiger partial charge in [-0.05, 0) is 60.7 Å². The molecule has 0 saturated heterocycles. The van der Waals surface area contributed by atoms with Gasteiger partial charge in [0.2, 0.25) is 0 Å². The van der Waals surface area contributed by atoms with Gasteiger partial charge < -0.3 is 19.8 Å². The molecule has 2 aromatic heterocycles. The molecule has 0 bridgehead atoms. The molecule has 7 heteroatoms. The molecule has 2 heterocycles. The Kier molecular flexibility index (Phi) is 6.04. The second-order valence-corrected chi connectivity index (χ2v) is 6.64. The van der Waals surface area contributed by atoms with E-state index >= 15 is 0 Å². The highest BCUT2D eigenvalue weighted by molar-refractivity contribution is 6.05. The van der Waals surface area contributed by atoms with Crippen molar-refractivity contribution in [2.75, 3.05) is 10.6 Å². The van der Waals surface area contributed by atoms with Gasteiger partial charge in [0.25, 0.3) is 11.8 Å². The van der Waals surface area contributed by atoms with Crippen LogP contribution in [0.4, 0.5) is 11.4 Å². The highest BCUT2D eigenvalue weighted by Gasteiger charge is 2.10. The lowest BCUT2D eigenvalue weighted by molar-refractivity contribution is 0.0994. The van der Waals surface area contributed by atoms with E-state index in [1.165, 1.54) is 6.26 Å². The number of hydrogen-bond donors (Lipinski definition) is 2. The molecule has 0 unspecified atom stereocenters. The number of aromatic nitrogens is 1. The molecule has 0 atom stereocenters. The molecule has 0 spiro atoms. The topological polar surface area (TPSA) is 93.5 Å². The molecule has 31 heavy (non-hydrogen) atoms. The molecule has 2 aromatic carbocycles. The number of pyridine rings is 1. The number of hydrogen-bond acceptors (Lipinski definition) is 5. The Bertz CT molecular complexity index is 1160. The Labute approximate surface area is 178 Å². The minimum absolute atomic E-state index is 0.225. The zero-order chi connectivity index (χ0) is 21.5. The molecule has 0 fully saturated rings. The van der Waals surface area contributed by atoms with Crippen LogP contribution in [0.3, 0.4) is 0 Å². The van der Waals surface area contributed by atoms with Gasteiger partial charge in [0.1, 0.15) is 12.4 Å². The molecule has 0 radical (unpaired) electrons. The maximum absolute atomic E-state index is 12.6. The standard InChI is InChI=1S/C24H19N3O4/c28-23(18-5-1-6-21(14-18)31-16-17-4-2-12-25-15-17)26-19-8-10-20(11-9-19)27-24(29)22-7-3-13-30-22/h1-15H,16H2,(H,26,28)(H,27,29). The third-order valence-corrected chi connectivity index (χ3v) is 4.37. The summed E-state index contributed by atoms with van der Waals surface area (Å²) in [6.07, 6.45) is 4.87. The summed E-state index contributed by atoms with van der Waals surface area (Å²) in [6, 6.07) is 20.8. The maximum atomic E-state index is 12.6. The summed E-state index contributed by atoms with van der Waals surface area (Å²) in [5, 5.41) is 5.56. The minimum Gasteiger partial charge on any atom is -0.489 e. The number of carbonyl (C=O) groups excluding carboxylic acids is 2. The van der Waals surface area contributed by atoms with Crippen LogP contribution in [0.1, 0.15) is 26.5 Å². The lowest BCUT2D eigenvalue weighted by Crippen LogP contribution is -2.13. The van der Waals surface area contributed by atoms with Crippen LogP contribution in [0.2, 0.25) is 0 Å². The number of nitrogens with zero attached hydrogens (tertiary/aromatic N) is 1. The fourth-order valence-corrected chi connectivity index (χ4v) is 2.82. The molecular formula is C24H19N3O4. The van der Waals surface area contributed by atoms with Crippen molar-refractivity contribution < 1.29 is 18.7 Å². The molecule has 7 nitrogen and oxygen atoms in total. The van der Waals surface area contributed by atoms with Crippen LogP contribution in [0, 0.1) is 0 Å². The zero-order valence-corrected chi connectivity index (χ0v) is 16.4. The van der Waals surface area contributed by atoms with E-state index < -0.39 is 0 Å². The Balaban J connectivity index is 1.35. The van der Waals surface area contributed by atoms with Crippen LogP contribution in [-0.2, 0) is 6.61 Å². The van der Waals surface area contributed by atoms with Gasteiger partial charge in [0.05, 0.1) is 6.26 Å². The lowest BCUT2D eigenvalue weighted by atomic mass is 10.2. The summed E-state index contributed by atoms with van der Waals surface area (Å²) in [5.41, 5.74) is 2.60. The number of nitrogens with one attached hydrogen (secondary N) is 2. The Morgan fingerprint density at radius 2 is 1.65 bits per heavy atom. The van der Waals surface area contributed by atoms with E-state index in [1.807, 2.05) is 12.1 Å². The van der Waals surface area contributed by atoms with Gasteiger partial charge in [-0.25, -0.2) is 0 Å². The number of ether oxygens (including phenoxy) is 1. The van der Waals surface area contributed by atoms with Crippen molar-refractivity contribution in [1.29, 1.82) is 0 Å². The van der Waals surface area contributed by atoms with Crippen molar-refractivity contribution in [2.45, 2.75) is 6.61 Å². The molecule has 2 amide bonds. The first kappa shape index (κ1) is 19.9. The van der Waals surface area contributed by atoms with Crippen molar-refractivity contribution in [1.82, 2.24) is 4.98 Å². The monoisotopic (exact) mass is 413 g/mol. The number of anilines is 2. The van der Waals surface area contributed by atoms with Crippen LogP contribution < -0.4 is 15.4 Å². The normalized spacial score (nSPS) is 10.3. The summed E-state index contributed by atoms with van der Waals surface area (Å²) in [6.45, 7) is 0.365. The smallest absolute Gasteiger partial charge is 0.291 e. The fraction of sp³-hybridized carbons (Fsp3) is 0.0417. The Morgan fingerprint density at radius 3 is 2.32 bits per heavy atom. The zero-order valence-electron chi connectivity index (χ0n) is 16.4. The first-order valence-electron chi connectivity index (χ1n) is 9.55. The SMILES string of the molecule is O=C(Nc1ccc(NC(=O)c2ccco2)cc1)c1cccc(OCc2cccnc2)c1. The second-order valence-electron chi connectivity index (χ2n) is 6.64. The minimum atomic E-state index is -0.343. The molecule has 4 rings (SSSR count). The van der Waals surface area contributed by atoms with Crippen LogP contribution in [0.25, 0.3) is 0 Å². The summed E-state index contributed by atoms with van der Waals surface area (Å²) in [4.78, 5) is 28.7. The van der Waals surface area contributed by atoms with Crippen molar-refractivity contribution in [3.63, 3.8) is 0 Å². The Morgan fingerprint density at radius 1 is 0.871 bits per heavy atom. The van der Waals surface area contributed by atoms with E-state index in [1.54, 1.807) is 73.1 Å². The van der Waals surface area contributed by atoms with Crippen molar-refractivity contribution in [2.24, 2.45) is 0 Å². The van der Waals surface area contributed by atoms with Gasteiger partial charge in [0.15, 0.2) is 5.76 Å². The van der Waals surface area contributed by atoms with Gasteiger partial charge in [-0.3, -0.25) is 14.6 Å². The van der Waals surface area contributed by atoms with E-state index in [-0.39, 0.29) is 17.6 Å². The maximum Gasteiger partial charge on any atom is 0.291 e. The molecule has 0 aliphatic carbocycles. The highest BCUT2D eigenvalue weighted by Crippen LogP contribution is 2.18. The third kappa shape index (κ3) is 5.36. The van der Waals surface area contributed by atoms with Crippen LogP contribution >= 0.6 is 0 Å². The number of rotatable bonds is 7. The van der Waals surface area contributed by atoms with Crippen molar-refractivity contribution >= 4 is 23.2 Å². The predicted molar refractivity (Wildman–Crippen MR) is 116 cm³/mol. The number of amides is 2. The van der Waals surface area contributed by atoms with E-state index in [2.05, 4.69) is 15.6 Å². The Hall–Kier alpha value is -4.39. The van der Waals surface area contributed by atoms with Crippen LogP contribution in [0.15, 0.2) is 95.9 Å². The molecule has 154 valence electrons. The first-order valence-corrected chi connectivity index (χ1v) is 9.55. The third-order valence-electron chi connectivity index (χ3n) is 4.37. The van der Waals surface area contributed by atoms with Gasteiger partial charge in [-0.15, -0.1) is 0 Å². The molecule has 2 N–H and O–H groups in total. The van der Waals surface area contributed by atoms with Gasteiger partial charge >= 0.3 is 0 Å². The molecule has 0 aliphatic heterocycles. The first-order chi connectivity index (χ1) is 15.2. The highest BCUT2D eigenvalue weighted by atomic mass is 16.5. The molecule has 4 aromatic rings. The number of carbonyl (C=O) groups is 2. The average Bonchev–Trinajstić information content (AvgIpc) is 3.35. The summed E-state index contributed by atoms with van der Waals surface area (Å²) in [7, 11) is 0. The molecule has 0 aliphatic rings. The summed E-state index contributed by atoms with van der Waals surface area (Å²) in [5.74, 6) is 0.208. The van der Waals surface area contributed by atoms with Crippen molar-refractivity contribution in [3.8, 4) is 5.75 Å². The van der Waals surface area contributed by atoms with Gasteiger partial charge in [0, 0.05) is 34.9 Å². The summed E-state index contributed by atoms with van der Waals surface area (Å²) >= 11 is 0. The largest absolute Gasteiger partial charge is 0.489 e. The van der Waals surface area contributed by atoms with E-state index in [4.69, 9.17) is 9.15 Å². The van der Waals surface area contributed by atoms with E-state index in [9.17, 15) is 9.59 Å². The van der Waals surface area contributed by atoms with Crippen molar-refractivity contribution in [3.05, 3.63) is 108 Å². The second kappa shape index (κ2) is 9.41. The van der Waals surface area contributed by atoms with Crippen LogP contribution in [0.5, 0.6) is 5.75 Å². The number of benzene rings is 2. The van der Waals surface area contributed by atoms with Gasteiger partial charge in [-0.2, -0.15) is 0 Å². The average molecular weight is 413 g/mol. The molecular weight excluding hydrogens is 394 g/mol. The number of furan rings is 1. The molecule has 0 saturated carbocycles. The van der Waals surface area contributed by atoms with Crippen LogP contribution in [-0.4, -0.2) is 16.8 Å². The van der Waals surface area contributed by atoms with E-state index in [0.29, 0.717) is 29.3 Å². The van der Waals surface area contributed by atoms with Gasteiger partial charge in [-0.1, -0.05) is 12.1 Å².